The molecule has 1 aromatic carbocycles. The highest BCUT2D eigenvalue weighted by Crippen LogP contribution is 2.16. The quantitative estimate of drug-likeness (QED) is 0.739. The van der Waals surface area contributed by atoms with Crippen LogP contribution in [0.15, 0.2) is 48.0 Å². The molecule has 108 valence electrons. The van der Waals surface area contributed by atoms with Crippen molar-refractivity contribution in [2.75, 3.05) is 0 Å². The highest BCUT2D eigenvalue weighted by Gasteiger charge is 2.14. The van der Waals surface area contributed by atoms with Crippen LogP contribution in [0.3, 0.4) is 0 Å². The summed E-state index contributed by atoms with van der Waals surface area (Å²) in [5, 5.41) is 0.682. The molecule has 0 fully saturated rings. The second-order valence-corrected chi connectivity index (χ2v) is 5.25. The van der Waals surface area contributed by atoms with E-state index in [0.29, 0.717) is 5.39 Å². The minimum Gasteiger partial charge on any atom is -0.335 e. The average Bonchev–Trinajstić information content (AvgIpc) is 2.99. The van der Waals surface area contributed by atoms with Crippen LogP contribution in [-0.4, -0.2) is 19.1 Å². The third-order valence-electron chi connectivity index (χ3n) is 3.86. The number of imidazole rings is 1. The standard InChI is InChI=1S/C16H18N4O/c1-3-13(9-19-8-7-17-10-19)20-11-18-15-12(2)5-4-6-14(15)16(20)21/h4-8,10-11,13H,3,9H2,1-2H3/t13-/m1/s1. The van der Waals surface area contributed by atoms with E-state index < -0.39 is 0 Å². The maximum Gasteiger partial charge on any atom is 0.261 e. The van der Waals surface area contributed by atoms with Gasteiger partial charge in [0.2, 0.25) is 0 Å². The molecule has 0 aliphatic carbocycles. The molecule has 0 unspecified atom stereocenters. The van der Waals surface area contributed by atoms with Crippen molar-refractivity contribution in [2.24, 2.45) is 0 Å². The van der Waals surface area contributed by atoms with Crippen molar-refractivity contribution in [3.63, 3.8) is 0 Å². The third kappa shape index (κ3) is 2.46. The first-order chi connectivity index (χ1) is 10.2. The highest BCUT2D eigenvalue weighted by molar-refractivity contribution is 5.80. The van der Waals surface area contributed by atoms with E-state index in [9.17, 15) is 4.79 Å². The number of nitrogens with zero attached hydrogens (tertiary/aromatic N) is 4. The summed E-state index contributed by atoms with van der Waals surface area (Å²) in [7, 11) is 0. The number of rotatable bonds is 4. The Labute approximate surface area is 122 Å². The summed E-state index contributed by atoms with van der Waals surface area (Å²) in [6, 6.07) is 5.80. The minimum atomic E-state index is 0.0238. The molecular weight excluding hydrogens is 264 g/mol. The van der Waals surface area contributed by atoms with E-state index in [1.165, 1.54) is 0 Å². The van der Waals surface area contributed by atoms with Crippen LogP contribution in [0, 0.1) is 6.92 Å². The van der Waals surface area contributed by atoms with Crippen LogP contribution in [0.2, 0.25) is 0 Å². The lowest BCUT2D eigenvalue weighted by Gasteiger charge is -2.19. The highest BCUT2D eigenvalue weighted by atomic mass is 16.1. The molecule has 2 heterocycles. The van der Waals surface area contributed by atoms with E-state index in [4.69, 9.17) is 0 Å². The van der Waals surface area contributed by atoms with Gasteiger partial charge in [-0.3, -0.25) is 9.36 Å². The van der Waals surface area contributed by atoms with Gasteiger partial charge in [-0.05, 0) is 25.0 Å². The normalized spacial score (nSPS) is 12.7. The molecule has 0 saturated carbocycles. The van der Waals surface area contributed by atoms with Crippen molar-refractivity contribution in [3.05, 3.63) is 59.2 Å². The Bertz CT molecular complexity index is 805. The summed E-state index contributed by atoms with van der Waals surface area (Å²) in [6.45, 7) is 4.77. The number of fused-ring (bicyclic) bond motifs is 1. The number of hydrogen-bond acceptors (Lipinski definition) is 3. The van der Waals surface area contributed by atoms with E-state index in [0.717, 1.165) is 24.0 Å². The lowest BCUT2D eigenvalue weighted by Crippen LogP contribution is -2.27. The Morgan fingerprint density at radius 1 is 1.29 bits per heavy atom. The number of aryl methyl sites for hydroxylation is 1. The number of hydrogen-bond donors (Lipinski definition) is 0. The molecule has 3 rings (SSSR count). The third-order valence-corrected chi connectivity index (χ3v) is 3.86. The second kappa shape index (κ2) is 5.52. The molecule has 0 bridgehead atoms. The molecule has 21 heavy (non-hydrogen) atoms. The Morgan fingerprint density at radius 2 is 2.14 bits per heavy atom. The first kappa shape index (κ1) is 13.5. The fourth-order valence-electron chi connectivity index (χ4n) is 2.63. The Kier molecular flexibility index (Phi) is 3.56. The van der Waals surface area contributed by atoms with Crippen LogP contribution in [0.5, 0.6) is 0 Å². The van der Waals surface area contributed by atoms with Gasteiger partial charge < -0.3 is 4.57 Å². The maximum atomic E-state index is 12.7. The van der Waals surface area contributed by atoms with Crippen molar-refractivity contribution < 1.29 is 0 Å². The van der Waals surface area contributed by atoms with E-state index >= 15 is 0 Å². The predicted molar refractivity (Wildman–Crippen MR) is 82.3 cm³/mol. The van der Waals surface area contributed by atoms with Crippen molar-refractivity contribution in [1.82, 2.24) is 19.1 Å². The van der Waals surface area contributed by atoms with Gasteiger partial charge in [-0.1, -0.05) is 19.1 Å². The summed E-state index contributed by atoms with van der Waals surface area (Å²) in [5.74, 6) is 0. The summed E-state index contributed by atoms with van der Waals surface area (Å²) in [4.78, 5) is 21.2. The zero-order valence-corrected chi connectivity index (χ0v) is 12.2. The van der Waals surface area contributed by atoms with Gasteiger partial charge in [-0.15, -0.1) is 0 Å². The number of aromatic nitrogens is 4. The summed E-state index contributed by atoms with van der Waals surface area (Å²) >= 11 is 0. The van der Waals surface area contributed by atoms with E-state index in [2.05, 4.69) is 16.9 Å². The molecule has 0 aliphatic rings. The van der Waals surface area contributed by atoms with Gasteiger partial charge in [0.05, 0.1) is 29.6 Å². The molecule has 2 aromatic heterocycles. The van der Waals surface area contributed by atoms with Crippen LogP contribution in [0.4, 0.5) is 0 Å². The number of benzene rings is 1. The number of para-hydroxylation sites is 1. The predicted octanol–water partition coefficient (Wildman–Crippen LogP) is 2.55. The van der Waals surface area contributed by atoms with Gasteiger partial charge >= 0.3 is 0 Å². The Morgan fingerprint density at radius 3 is 2.86 bits per heavy atom. The van der Waals surface area contributed by atoms with Gasteiger partial charge in [0.25, 0.3) is 5.56 Å². The fourth-order valence-corrected chi connectivity index (χ4v) is 2.63. The molecule has 0 amide bonds. The van der Waals surface area contributed by atoms with E-state index in [1.807, 2.05) is 35.9 Å². The monoisotopic (exact) mass is 282 g/mol. The van der Waals surface area contributed by atoms with Gasteiger partial charge in [0.1, 0.15) is 0 Å². The fraction of sp³-hybridized carbons (Fsp3) is 0.312. The van der Waals surface area contributed by atoms with E-state index in [-0.39, 0.29) is 11.6 Å². The zero-order chi connectivity index (χ0) is 14.8. The smallest absolute Gasteiger partial charge is 0.261 e. The summed E-state index contributed by atoms with van der Waals surface area (Å²) in [6.07, 6.45) is 7.95. The first-order valence-corrected chi connectivity index (χ1v) is 7.13. The summed E-state index contributed by atoms with van der Waals surface area (Å²) in [5.41, 5.74) is 1.84. The molecule has 0 spiro atoms. The molecule has 0 N–H and O–H groups in total. The van der Waals surface area contributed by atoms with E-state index in [1.54, 1.807) is 23.4 Å². The van der Waals surface area contributed by atoms with Crippen LogP contribution < -0.4 is 5.56 Å². The maximum absolute atomic E-state index is 12.7. The Balaban J connectivity index is 2.07. The molecule has 0 saturated heterocycles. The second-order valence-electron chi connectivity index (χ2n) is 5.25. The molecule has 1 atom stereocenters. The van der Waals surface area contributed by atoms with Gasteiger partial charge in [-0.2, -0.15) is 0 Å². The van der Waals surface area contributed by atoms with Gasteiger partial charge in [0.15, 0.2) is 0 Å². The largest absolute Gasteiger partial charge is 0.335 e. The lowest BCUT2D eigenvalue weighted by molar-refractivity contribution is 0.406. The van der Waals surface area contributed by atoms with Crippen LogP contribution in [0.25, 0.3) is 10.9 Å². The van der Waals surface area contributed by atoms with Gasteiger partial charge in [0, 0.05) is 18.9 Å². The average molecular weight is 282 g/mol. The first-order valence-electron chi connectivity index (χ1n) is 7.13. The van der Waals surface area contributed by atoms with Crippen LogP contribution >= 0.6 is 0 Å². The minimum absolute atomic E-state index is 0.0238. The molecule has 0 radical (unpaired) electrons. The van der Waals surface area contributed by atoms with Crippen LogP contribution in [0.1, 0.15) is 24.9 Å². The summed E-state index contributed by atoms with van der Waals surface area (Å²) < 4.78 is 3.73. The molecule has 3 aromatic rings. The van der Waals surface area contributed by atoms with Crippen molar-refractivity contribution in [1.29, 1.82) is 0 Å². The van der Waals surface area contributed by atoms with Crippen molar-refractivity contribution in [2.45, 2.75) is 32.9 Å². The molecule has 5 heteroatoms. The molecule has 5 nitrogen and oxygen atoms in total. The van der Waals surface area contributed by atoms with Crippen molar-refractivity contribution >= 4 is 10.9 Å². The van der Waals surface area contributed by atoms with Crippen molar-refractivity contribution in [3.8, 4) is 0 Å². The Hall–Kier alpha value is -2.43. The lowest BCUT2D eigenvalue weighted by atomic mass is 10.1. The van der Waals surface area contributed by atoms with Crippen LogP contribution in [-0.2, 0) is 6.54 Å². The molecule has 0 aliphatic heterocycles. The molecular formula is C16H18N4O. The SMILES string of the molecule is CC[C@H](Cn1ccnc1)n1cnc2c(C)cccc2c1=O. The van der Waals surface area contributed by atoms with Gasteiger partial charge in [-0.25, -0.2) is 9.97 Å². The topological polar surface area (TPSA) is 52.7 Å². The zero-order valence-electron chi connectivity index (χ0n) is 12.2.